The van der Waals surface area contributed by atoms with Crippen LogP contribution in [0.15, 0.2) is 60.7 Å². The Morgan fingerprint density at radius 3 is 2.41 bits per heavy atom. The lowest BCUT2D eigenvalue weighted by Gasteiger charge is -2.41. The average Bonchev–Trinajstić information content (AvgIpc) is 2.57. The van der Waals surface area contributed by atoms with E-state index in [9.17, 15) is 0 Å². The largest absolute Gasteiger partial charge is 0.486 e. The number of rotatable bonds is 5. The van der Waals surface area contributed by atoms with Crippen molar-refractivity contribution in [3.05, 3.63) is 66.2 Å². The molecular weight excluding hydrogens is 274 g/mol. The number of hydrogen-bond acceptors (Lipinski definition) is 3. The maximum atomic E-state index is 6.23. The topological polar surface area (TPSA) is 21.7 Å². The Balaban J connectivity index is 1.85. The van der Waals surface area contributed by atoms with Gasteiger partial charge in [-0.25, -0.2) is 0 Å². The molecule has 1 heterocycles. The van der Waals surface area contributed by atoms with Crippen LogP contribution in [0.3, 0.4) is 0 Å². The molecule has 3 nitrogen and oxygen atoms in total. The van der Waals surface area contributed by atoms with Gasteiger partial charge in [-0.2, -0.15) is 0 Å². The van der Waals surface area contributed by atoms with Crippen LogP contribution in [0, 0.1) is 0 Å². The second kappa shape index (κ2) is 7.43. The van der Waals surface area contributed by atoms with E-state index in [1.165, 1.54) is 5.56 Å². The van der Waals surface area contributed by atoms with Gasteiger partial charge in [-0.1, -0.05) is 55.5 Å². The molecule has 0 amide bonds. The van der Waals surface area contributed by atoms with E-state index in [1.54, 1.807) is 0 Å². The fraction of sp³-hybridized carbons (Fsp3) is 0.368. The highest BCUT2D eigenvalue weighted by Gasteiger charge is 2.34. The standard InChI is InChI=1S/C19H23NO2/c1-2-13-20-15-21-14-18(22-17-11-7-4-8-12-17)19(20)16-9-5-3-6-10-16/h3-12,18-19H,2,13-15H2,1H3/t18-,19-/m1/s1. The third-order valence-corrected chi connectivity index (χ3v) is 3.97. The van der Waals surface area contributed by atoms with Gasteiger partial charge in [0.1, 0.15) is 11.9 Å². The third-order valence-electron chi connectivity index (χ3n) is 3.97. The summed E-state index contributed by atoms with van der Waals surface area (Å²) in [5.41, 5.74) is 1.29. The second-order valence-electron chi connectivity index (χ2n) is 5.64. The van der Waals surface area contributed by atoms with E-state index in [0.717, 1.165) is 18.7 Å². The van der Waals surface area contributed by atoms with Gasteiger partial charge in [-0.05, 0) is 24.1 Å². The van der Waals surface area contributed by atoms with Crippen LogP contribution in [-0.4, -0.2) is 30.9 Å². The summed E-state index contributed by atoms with van der Waals surface area (Å²) in [5.74, 6) is 0.898. The summed E-state index contributed by atoms with van der Waals surface area (Å²) in [7, 11) is 0. The summed E-state index contributed by atoms with van der Waals surface area (Å²) in [5, 5.41) is 0. The maximum absolute atomic E-state index is 6.23. The van der Waals surface area contributed by atoms with Gasteiger partial charge in [0, 0.05) is 6.54 Å². The first-order valence-corrected chi connectivity index (χ1v) is 7.97. The molecule has 0 aliphatic carbocycles. The van der Waals surface area contributed by atoms with Crippen molar-refractivity contribution in [3.63, 3.8) is 0 Å². The van der Waals surface area contributed by atoms with Crippen molar-refractivity contribution >= 4 is 0 Å². The Morgan fingerprint density at radius 2 is 1.73 bits per heavy atom. The molecule has 3 rings (SSSR count). The van der Waals surface area contributed by atoms with Gasteiger partial charge >= 0.3 is 0 Å². The quantitative estimate of drug-likeness (QED) is 0.836. The zero-order valence-corrected chi connectivity index (χ0v) is 13.0. The second-order valence-corrected chi connectivity index (χ2v) is 5.64. The highest BCUT2D eigenvalue weighted by atomic mass is 16.5. The van der Waals surface area contributed by atoms with Gasteiger partial charge in [0.05, 0.1) is 19.4 Å². The van der Waals surface area contributed by atoms with Crippen LogP contribution in [0.1, 0.15) is 24.9 Å². The van der Waals surface area contributed by atoms with Crippen LogP contribution in [-0.2, 0) is 4.74 Å². The fourth-order valence-corrected chi connectivity index (χ4v) is 3.03. The van der Waals surface area contributed by atoms with Crippen LogP contribution in [0.5, 0.6) is 5.75 Å². The first kappa shape index (κ1) is 15.1. The normalized spacial score (nSPS) is 22.4. The van der Waals surface area contributed by atoms with Gasteiger partial charge in [0.2, 0.25) is 0 Å². The van der Waals surface area contributed by atoms with Gasteiger partial charge in [-0.15, -0.1) is 0 Å². The Kier molecular flexibility index (Phi) is 5.09. The zero-order chi connectivity index (χ0) is 15.2. The molecule has 0 spiro atoms. The minimum absolute atomic E-state index is 0.00472. The van der Waals surface area contributed by atoms with Gasteiger partial charge < -0.3 is 9.47 Å². The summed E-state index contributed by atoms with van der Waals surface area (Å²) < 4.78 is 12.0. The van der Waals surface area contributed by atoms with Gasteiger partial charge in [0.15, 0.2) is 0 Å². The number of ether oxygens (including phenoxy) is 2. The molecule has 1 aliphatic rings. The minimum atomic E-state index is 0.00472. The summed E-state index contributed by atoms with van der Waals surface area (Å²) in [6.45, 7) is 4.49. The van der Waals surface area contributed by atoms with E-state index >= 15 is 0 Å². The van der Waals surface area contributed by atoms with Crippen molar-refractivity contribution in [3.8, 4) is 5.75 Å². The smallest absolute Gasteiger partial charge is 0.142 e. The molecule has 116 valence electrons. The lowest BCUT2D eigenvalue weighted by molar-refractivity contribution is -0.111. The molecule has 2 atom stereocenters. The number of benzene rings is 2. The van der Waals surface area contributed by atoms with E-state index in [2.05, 4.69) is 42.2 Å². The van der Waals surface area contributed by atoms with Crippen LogP contribution >= 0.6 is 0 Å². The molecule has 22 heavy (non-hydrogen) atoms. The van der Waals surface area contributed by atoms with Crippen molar-refractivity contribution in [2.24, 2.45) is 0 Å². The lowest BCUT2D eigenvalue weighted by Crippen LogP contribution is -2.48. The van der Waals surface area contributed by atoms with Crippen molar-refractivity contribution in [1.29, 1.82) is 0 Å². The first-order valence-electron chi connectivity index (χ1n) is 7.97. The Labute approximate surface area is 132 Å². The summed E-state index contributed by atoms with van der Waals surface area (Å²) >= 11 is 0. The molecule has 0 saturated carbocycles. The van der Waals surface area contributed by atoms with E-state index in [-0.39, 0.29) is 12.1 Å². The molecule has 0 unspecified atom stereocenters. The number of hydrogen-bond donors (Lipinski definition) is 0. The molecule has 1 fully saturated rings. The number of nitrogens with zero attached hydrogens (tertiary/aromatic N) is 1. The zero-order valence-electron chi connectivity index (χ0n) is 13.0. The third kappa shape index (κ3) is 3.49. The fourth-order valence-electron chi connectivity index (χ4n) is 3.03. The van der Waals surface area contributed by atoms with Crippen LogP contribution in [0.2, 0.25) is 0 Å². The molecule has 0 radical (unpaired) electrons. The van der Waals surface area contributed by atoms with Crippen LogP contribution in [0.25, 0.3) is 0 Å². The van der Waals surface area contributed by atoms with Crippen molar-refractivity contribution in [1.82, 2.24) is 4.90 Å². The minimum Gasteiger partial charge on any atom is -0.486 e. The Bertz CT molecular complexity index is 556. The van der Waals surface area contributed by atoms with Gasteiger partial charge in [-0.3, -0.25) is 4.90 Å². The highest BCUT2D eigenvalue weighted by Crippen LogP contribution is 2.31. The average molecular weight is 297 g/mol. The lowest BCUT2D eigenvalue weighted by atomic mass is 9.99. The summed E-state index contributed by atoms with van der Waals surface area (Å²) in [6, 6.07) is 20.8. The maximum Gasteiger partial charge on any atom is 0.142 e. The Hall–Kier alpha value is -1.84. The monoisotopic (exact) mass is 297 g/mol. The molecule has 0 N–H and O–H groups in total. The molecular formula is C19H23NO2. The van der Waals surface area contributed by atoms with Crippen molar-refractivity contribution < 1.29 is 9.47 Å². The predicted molar refractivity (Wildman–Crippen MR) is 87.9 cm³/mol. The van der Waals surface area contributed by atoms with Crippen molar-refractivity contribution in [2.75, 3.05) is 19.9 Å². The molecule has 2 aromatic carbocycles. The highest BCUT2D eigenvalue weighted by molar-refractivity contribution is 5.24. The summed E-state index contributed by atoms with van der Waals surface area (Å²) in [4.78, 5) is 2.37. The Morgan fingerprint density at radius 1 is 1.05 bits per heavy atom. The number of para-hydroxylation sites is 1. The molecule has 3 heteroatoms. The van der Waals surface area contributed by atoms with E-state index in [4.69, 9.17) is 9.47 Å². The van der Waals surface area contributed by atoms with Crippen LogP contribution in [0.4, 0.5) is 0 Å². The molecule has 2 aromatic rings. The summed E-state index contributed by atoms with van der Waals surface area (Å²) in [6.07, 6.45) is 1.11. The van der Waals surface area contributed by atoms with E-state index < -0.39 is 0 Å². The predicted octanol–water partition coefficient (Wildman–Crippen LogP) is 3.88. The molecule has 0 bridgehead atoms. The SMILES string of the molecule is CCCN1COC[C@@H](Oc2ccccc2)[C@H]1c1ccccc1. The van der Waals surface area contributed by atoms with E-state index in [1.807, 2.05) is 30.3 Å². The molecule has 1 saturated heterocycles. The molecule has 1 aliphatic heterocycles. The van der Waals surface area contributed by atoms with Crippen molar-refractivity contribution in [2.45, 2.75) is 25.5 Å². The van der Waals surface area contributed by atoms with Gasteiger partial charge in [0.25, 0.3) is 0 Å². The molecule has 0 aromatic heterocycles. The first-order chi connectivity index (χ1) is 10.9. The van der Waals surface area contributed by atoms with E-state index in [0.29, 0.717) is 13.3 Å². The van der Waals surface area contributed by atoms with Crippen LogP contribution < -0.4 is 4.74 Å².